The summed E-state index contributed by atoms with van der Waals surface area (Å²) in [4.78, 5) is 144. The van der Waals surface area contributed by atoms with Gasteiger partial charge in [-0.25, -0.2) is 13.2 Å². The van der Waals surface area contributed by atoms with E-state index < -0.39 is 44.8 Å². The number of benzene rings is 5. The van der Waals surface area contributed by atoms with Gasteiger partial charge in [0, 0.05) is 201 Å². The van der Waals surface area contributed by atoms with Gasteiger partial charge in [0.05, 0.1) is 29.8 Å². The molecular weight excluding hydrogens is 1930 g/mol. The highest BCUT2D eigenvalue weighted by molar-refractivity contribution is 7.91. The molecule has 11 N–H and O–H groups in total. The zero-order valence-corrected chi connectivity index (χ0v) is 92.2. The standard InChI is InChI=1S/C18H21F3N2O3.C14H24N2O3.C14H16N2O.C13H19NO3.C13H19NO.C12H16ClNO.C11H18N2O2.C9H16N2O.C7H14O3S/c1-17(2,3)16(25)22-14-12-8-23(9-13(12)14)15(24)10-4-6-11(7-5-10)26-18(19,20)21;1-8(2)12(17)15-11-9-6-16(7-10(9)11)13(18)19-14(3,4)5;1-10(2)13(17)16-14(6-7-14)12-5-3-4-11(8-12)9-15;1-9(2)13(17)14-11(8-15)12(16)10-6-4-3-5-7-10;1-10(2)13(15)14-9-11(3)12-7-5-4-6-8-12;1-9(2)12(15)14-7-6-10-4-3-5-11(13)8-10;1-6(2)11(15)12-10-8-4-13(7(3)14)5-9(8)10;1-5(2)9(12)11-8-6-3-10-4-7(6)8;1-7(2,3)6(8)5-11(4,9)10/h4-7,12-14H,8-9H2,1-3H3,(H,22,25);8-11H,6-7H2,1-5H3,(H,15,17);3-5,8,10H,6-7H2,1-2H3,(H,16,17);3-7,9,11-12,15-16H,8H2,1-2H3,(H,14,17);4-8,10-11H,9H2,1-3H3,(H,14,15);3-5,8-9H,6-7H2,1-2H3,(H,14,15);6,8-10H,4-5H2,1-3H3,(H,12,15);5-8,10H,3-4H2,1-2H3,(H,11,12);5H2,1-4H3/t12-,13+,14?;9-,10+,11?;;;;;8-,9+,10?;6-,7+,8?;. The summed E-state index contributed by atoms with van der Waals surface area (Å²) >= 11 is 5.85. The number of nitriles is 1. The molecule has 0 bridgehead atoms. The molecule has 147 heavy (non-hydrogen) atoms. The number of nitrogens with zero attached hydrogens (tertiary/aromatic N) is 4. The molecule has 7 unspecified atom stereocenters. The van der Waals surface area contributed by atoms with Gasteiger partial charge < -0.3 is 82.2 Å². The Bertz CT molecular complexity index is 5320. The fraction of sp³-hybridized carbons (Fsp3) is 0.613. The molecule has 5 aliphatic carbocycles. The zero-order chi connectivity index (χ0) is 111. The number of alkyl halides is 3. The maximum atomic E-state index is 12.5. The van der Waals surface area contributed by atoms with Crippen molar-refractivity contribution in [3.63, 3.8) is 0 Å². The minimum Gasteiger partial charge on any atom is -0.444 e. The number of amides is 11. The van der Waals surface area contributed by atoms with Crippen molar-refractivity contribution in [3.8, 4) is 11.8 Å². The summed E-state index contributed by atoms with van der Waals surface area (Å²) in [5.41, 5.74) is 3.43. The first-order valence-electron chi connectivity index (χ1n) is 51.1. The van der Waals surface area contributed by atoms with Crippen LogP contribution in [0.3, 0.4) is 0 Å². The van der Waals surface area contributed by atoms with Crippen LogP contribution in [0.4, 0.5) is 18.0 Å². The minimum atomic E-state index is -4.76. The smallest absolute Gasteiger partial charge is 0.444 e. The number of carbonyl (C=O) groups excluding carboxylic acids is 12. The molecule has 9 fully saturated rings. The first kappa shape index (κ1) is 125. The van der Waals surface area contributed by atoms with Gasteiger partial charge in [0.1, 0.15) is 23.2 Å². The van der Waals surface area contributed by atoms with Crippen molar-refractivity contribution < 1.29 is 98.8 Å². The number of fused-ring (bicyclic) bond motifs is 4. The van der Waals surface area contributed by atoms with Crippen molar-refractivity contribution in [1.82, 2.24) is 62.6 Å². The van der Waals surface area contributed by atoms with E-state index in [9.17, 15) is 89.3 Å². The minimum absolute atomic E-state index is 0.00460. The number of nitrogens with one attached hydrogen (secondary N) is 9. The third-order valence-electron chi connectivity index (χ3n) is 26.5. The van der Waals surface area contributed by atoms with Crippen LogP contribution in [0.1, 0.15) is 236 Å². The molecule has 0 spiro atoms. The number of sulfone groups is 1. The van der Waals surface area contributed by atoms with Crippen molar-refractivity contribution in [1.29, 1.82) is 5.26 Å². The number of hydrogen-bond acceptors (Lipinski definition) is 20. The predicted molar refractivity (Wildman–Crippen MR) is 562 cm³/mol. The summed E-state index contributed by atoms with van der Waals surface area (Å²) in [5.74, 6) is 3.81. The van der Waals surface area contributed by atoms with E-state index in [1.54, 1.807) is 81.7 Å². The Labute approximate surface area is 873 Å². The lowest BCUT2D eigenvalue weighted by Crippen LogP contribution is -2.43. The van der Waals surface area contributed by atoms with Crippen LogP contribution in [-0.4, -0.2) is 231 Å². The lowest BCUT2D eigenvalue weighted by atomic mass is 9.92. The van der Waals surface area contributed by atoms with Crippen LogP contribution in [-0.2, 0) is 74.5 Å². The molecule has 0 radical (unpaired) electrons. The number of hydrogen-bond donors (Lipinski definition) is 11. The quantitative estimate of drug-likeness (QED) is 0.0233. The number of piperidine rings is 4. The fourth-order valence-corrected chi connectivity index (χ4v) is 17.6. The molecule has 4 aliphatic heterocycles. The topological polar surface area (TPSA) is 440 Å². The number of rotatable bonds is 27. The number of aliphatic hydroxyl groups is 2. The summed E-state index contributed by atoms with van der Waals surface area (Å²) in [6.45, 7) is 53.7. The lowest BCUT2D eigenvalue weighted by molar-refractivity contribution is -0.274. The highest BCUT2D eigenvalue weighted by atomic mass is 35.5. The molecule has 814 valence electrons. The second kappa shape index (κ2) is 55.5. The SMILES string of the molecule is CC(=O)N1C[C@@H]2C(NC(=O)C(C)C)[C@@H]2C1.CC(C)(C)C(=O)CS(C)(=O)=O.CC(C)(C)C(=O)NC1[C@H]2CN(C(=O)c3ccc(OC(F)(F)F)cc3)C[C@@H]12.CC(C)C(=O)NC(CO)C(O)c1ccccc1.CC(C)C(=O)NC1(c2cccc(C#N)c2)CC1.CC(C)C(=O)NC1[C@H]2CN(C(=O)OC(C)(C)C)C[C@@H]12.CC(C)C(=O)NC1[C@H]2CNC[C@@H]12.CC(C)C(=O)NCC(C)c1ccccc1.CC(C)C(=O)NCCc1cccc(Cl)c1. The largest absolute Gasteiger partial charge is 0.573 e. The van der Waals surface area contributed by atoms with Gasteiger partial charge in [0.25, 0.3) is 5.91 Å². The number of aliphatic hydroxyl groups excluding tert-OH is 2. The average molecular weight is 2090 g/mol. The molecule has 15 atom stereocenters. The molecule has 0 aromatic heterocycles. The van der Waals surface area contributed by atoms with Gasteiger partial charge in [-0.15, -0.1) is 13.2 Å². The van der Waals surface area contributed by atoms with E-state index in [4.69, 9.17) is 21.6 Å². The van der Waals surface area contributed by atoms with Gasteiger partial charge in [0.2, 0.25) is 53.2 Å². The van der Waals surface area contributed by atoms with Crippen LogP contribution in [0.2, 0.25) is 5.02 Å². The Hall–Kier alpha value is -11.1. The maximum absolute atomic E-state index is 12.5. The van der Waals surface area contributed by atoms with E-state index in [1.165, 1.54) is 17.7 Å². The Morgan fingerprint density at radius 1 is 0.517 bits per heavy atom. The number of Topliss-reactive ketones (excluding diaryl/α,β-unsaturated/α-hetero) is 1. The molecule has 5 aromatic carbocycles. The van der Waals surface area contributed by atoms with Crippen LogP contribution in [0, 0.1) is 111 Å². The Morgan fingerprint density at radius 3 is 1.34 bits per heavy atom. The number of ether oxygens (including phenoxy) is 2. The molecule has 14 rings (SSSR count). The van der Waals surface area contributed by atoms with Crippen LogP contribution >= 0.6 is 11.6 Å². The van der Waals surface area contributed by atoms with Gasteiger partial charge in [-0.05, 0) is 129 Å². The number of likely N-dealkylation sites (tertiary alicyclic amines) is 3. The Balaban J connectivity index is 0.000000255. The number of carbonyl (C=O) groups is 12. The predicted octanol–water partition coefficient (Wildman–Crippen LogP) is 13.7. The summed E-state index contributed by atoms with van der Waals surface area (Å²) in [5, 5.41) is 55.9. The van der Waals surface area contributed by atoms with Crippen LogP contribution < -0.4 is 52.6 Å². The monoisotopic (exact) mass is 2090 g/mol. The number of ketones is 1. The normalized spacial score (nSPS) is 21.5. The maximum Gasteiger partial charge on any atom is 0.573 e. The van der Waals surface area contributed by atoms with Crippen molar-refractivity contribution >= 4 is 92.4 Å². The van der Waals surface area contributed by atoms with Crippen LogP contribution in [0.25, 0.3) is 0 Å². The average Bonchev–Trinajstić information content (AvgIpc) is 1.58. The van der Waals surface area contributed by atoms with E-state index >= 15 is 0 Å². The molecule has 4 heterocycles. The molecule has 4 saturated heterocycles. The van der Waals surface area contributed by atoms with Crippen molar-refractivity contribution in [2.45, 2.75) is 252 Å². The van der Waals surface area contributed by atoms with Crippen LogP contribution in [0.15, 0.2) is 133 Å². The second-order valence-electron chi connectivity index (χ2n) is 44.9. The lowest BCUT2D eigenvalue weighted by Gasteiger charge is -2.26. The van der Waals surface area contributed by atoms with Gasteiger partial charge >= 0.3 is 12.5 Å². The van der Waals surface area contributed by atoms with E-state index in [2.05, 4.69) is 77.7 Å². The summed E-state index contributed by atoms with van der Waals surface area (Å²) in [7, 11) is -3.16. The van der Waals surface area contributed by atoms with Crippen molar-refractivity contribution in [2.75, 3.05) is 84.1 Å². The first-order valence-corrected chi connectivity index (χ1v) is 53.6. The van der Waals surface area contributed by atoms with Gasteiger partial charge in [-0.1, -0.05) is 242 Å². The van der Waals surface area contributed by atoms with Gasteiger partial charge in [0.15, 0.2) is 15.6 Å². The van der Waals surface area contributed by atoms with Crippen LogP contribution in [0.5, 0.6) is 5.75 Å². The van der Waals surface area contributed by atoms with E-state index in [-0.39, 0.29) is 160 Å². The molecule has 31 nitrogen and oxygen atoms in total. The van der Waals surface area contributed by atoms with E-state index in [1.807, 2.05) is 196 Å². The first-order chi connectivity index (χ1) is 68.3. The Morgan fingerprint density at radius 2 is 0.946 bits per heavy atom. The third kappa shape index (κ3) is 41.8. The van der Waals surface area contributed by atoms with Crippen molar-refractivity contribution in [3.05, 3.63) is 172 Å². The second-order valence-corrected chi connectivity index (χ2v) is 47.5. The summed E-state index contributed by atoms with van der Waals surface area (Å²) in [6, 6.07) is 41.9. The summed E-state index contributed by atoms with van der Waals surface area (Å²) < 4.78 is 67.0. The molecule has 11 amide bonds. The highest BCUT2D eigenvalue weighted by Crippen LogP contribution is 2.50. The van der Waals surface area contributed by atoms with Gasteiger partial charge in [-0.2, -0.15) is 5.26 Å². The van der Waals surface area contributed by atoms with Crippen molar-refractivity contribution in [2.24, 2.45) is 99.6 Å². The number of halogens is 4. The fourth-order valence-electron chi connectivity index (χ4n) is 16.5. The molecule has 5 aromatic rings. The Kier molecular flexibility index (Phi) is 47.0. The molecular formula is C111H163ClF3N13O18S. The van der Waals surface area contributed by atoms with E-state index in [0.29, 0.717) is 97.6 Å². The zero-order valence-electron chi connectivity index (χ0n) is 90.6. The van der Waals surface area contributed by atoms with E-state index in [0.717, 1.165) is 91.8 Å². The molecule has 36 heteroatoms. The summed E-state index contributed by atoms with van der Waals surface area (Å²) in [6.07, 6.45) is -2.09. The third-order valence-corrected chi connectivity index (χ3v) is 27.5. The van der Waals surface area contributed by atoms with Gasteiger partial charge in [-0.3, -0.25) is 52.7 Å². The highest BCUT2D eigenvalue weighted by Gasteiger charge is 2.60. The molecule has 5 saturated carbocycles. The molecule has 9 aliphatic rings.